The van der Waals surface area contributed by atoms with E-state index < -0.39 is 5.97 Å². The van der Waals surface area contributed by atoms with Gasteiger partial charge in [-0.15, -0.1) is 11.3 Å². The summed E-state index contributed by atoms with van der Waals surface area (Å²) < 4.78 is 0. The minimum absolute atomic E-state index is 0.0895. The van der Waals surface area contributed by atoms with Crippen LogP contribution < -0.4 is 4.90 Å². The van der Waals surface area contributed by atoms with Crippen molar-refractivity contribution in [2.45, 2.75) is 13.8 Å². The van der Waals surface area contributed by atoms with Crippen molar-refractivity contribution in [2.24, 2.45) is 0 Å². The van der Waals surface area contributed by atoms with Crippen molar-refractivity contribution in [1.29, 1.82) is 0 Å². The Hall–Kier alpha value is -1.88. The third-order valence-corrected chi connectivity index (χ3v) is 3.63. The first-order valence-corrected chi connectivity index (χ1v) is 6.37. The maximum absolute atomic E-state index is 10.8. The van der Waals surface area contributed by atoms with Gasteiger partial charge in [0, 0.05) is 18.1 Å². The number of thiazole rings is 1. The average molecular weight is 262 g/mol. The second-order valence-electron chi connectivity index (χ2n) is 4.17. The molecule has 1 aromatic heterocycles. The molecule has 1 aromatic carbocycles. The van der Waals surface area contributed by atoms with Crippen LogP contribution in [-0.2, 0) is 0 Å². The van der Waals surface area contributed by atoms with Gasteiger partial charge in [0.05, 0.1) is 0 Å². The molecule has 0 saturated carbocycles. The van der Waals surface area contributed by atoms with Crippen LogP contribution in [0.5, 0.6) is 0 Å². The van der Waals surface area contributed by atoms with E-state index in [9.17, 15) is 4.79 Å². The predicted octanol–water partition coefficient (Wildman–Crippen LogP) is 3.23. The van der Waals surface area contributed by atoms with Crippen LogP contribution in [0.15, 0.2) is 23.6 Å². The lowest BCUT2D eigenvalue weighted by molar-refractivity contribution is 0.0691. The molecule has 5 heteroatoms. The number of hydrogen-bond donors (Lipinski definition) is 1. The first-order valence-electron chi connectivity index (χ1n) is 5.49. The maximum atomic E-state index is 10.8. The lowest BCUT2D eigenvalue weighted by Crippen LogP contribution is -2.11. The lowest BCUT2D eigenvalue weighted by atomic mass is 10.1. The fourth-order valence-corrected chi connectivity index (χ4v) is 2.58. The van der Waals surface area contributed by atoms with Crippen LogP contribution in [0.1, 0.15) is 21.6 Å². The van der Waals surface area contributed by atoms with E-state index in [1.807, 2.05) is 37.9 Å². The predicted molar refractivity (Wildman–Crippen MR) is 73.1 cm³/mol. The van der Waals surface area contributed by atoms with E-state index in [1.54, 1.807) is 5.38 Å². The number of aryl methyl sites for hydroxylation is 2. The molecule has 4 nitrogen and oxygen atoms in total. The summed E-state index contributed by atoms with van der Waals surface area (Å²) in [7, 11) is 1.89. The summed E-state index contributed by atoms with van der Waals surface area (Å²) >= 11 is 1.33. The highest BCUT2D eigenvalue weighted by Gasteiger charge is 2.14. The number of hydrogen-bond acceptors (Lipinski definition) is 4. The number of nitrogens with zero attached hydrogens (tertiary/aromatic N) is 2. The molecular weight excluding hydrogens is 248 g/mol. The third kappa shape index (κ3) is 2.36. The van der Waals surface area contributed by atoms with Gasteiger partial charge in [0.25, 0.3) is 0 Å². The van der Waals surface area contributed by atoms with Gasteiger partial charge in [0.2, 0.25) is 0 Å². The molecule has 0 aliphatic heterocycles. The van der Waals surface area contributed by atoms with Gasteiger partial charge < -0.3 is 10.0 Å². The first-order chi connectivity index (χ1) is 8.49. The molecule has 0 aliphatic rings. The summed E-state index contributed by atoms with van der Waals surface area (Å²) in [4.78, 5) is 16.8. The second-order valence-corrected chi connectivity index (χ2v) is 5.01. The van der Waals surface area contributed by atoms with Gasteiger partial charge in [0.1, 0.15) is 0 Å². The van der Waals surface area contributed by atoms with E-state index in [4.69, 9.17) is 5.11 Å². The first kappa shape index (κ1) is 12.6. The number of rotatable bonds is 3. The molecule has 18 heavy (non-hydrogen) atoms. The van der Waals surface area contributed by atoms with Crippen molar-refractivity contribution in [3.63, 3.8) is 0 Å². The Labute approximate surface area is 110 Å². The molecule has 1 heterocycles. The number of benzene rings is 1. The third-order valence-electron chi connectivity index (χ3n) is 2.71. The summed E-state index contributed by atoms with van der Waals surface area (Å²) in [5.41, 5.74) is 3.47. The van der Waals surface area contributed by atoms with Crippen molar-refractivity contribution >= 4 is 28.1 Å². The van der Waals surface area contributed by atoms with Crippen LogP contribution in [0.25, 0.3) is 0 Å². The lowest BCUT2D eigenvalue weighted by Gasteiger charge is -2.18. The highest BCUT2D eigenvalue weighted by atomic mass is 32.1. The summed E-state index contributed by atoms with van der Waals surface area (Å²) in [6.07, 6.45) is 0. The molecule has 0 radical (unpaired) electrons. The Morgan fingerprint density at radius 2 is 2.11 bits per heavy atom. The molecule has 1 N–H and O–H groups in total. The largest absolute Gasteiger partial charge is 0.476 e. The average Bonchev–Trinajstić information content (AvgIpc) is 2.77. The maximum Gasteiger partial charge on any atom is 0.355 e. The molecule has 0 fully saturated rings. The number of aromatic nitrogens is 1. The summed E-state index contributed by atoms with van der Waals surface area (Å²) in [6.45, 7) is 4.08. The number of anilines is 2. The van der Waals surface area contributed by atoms with Gasteiger partial charge in [-0.2, -0.15) is 0 Å². The molecule has 94 valence electrons. The normalized spacial score (nSPS) is 10.4. The van der Waals surface area contributed by atoms with E-state index >= 15 is 0 Å². The van der Waals surface area contributed by atoms with Crippen LogP contribution in [0, 0.1) is 13.8 Å². The fourth-order valence-electron chi connectivity index (χ4n) is 1.80. The van der Waals surface area contributed by atoms with Crippen LogP contribution in [0.3, 0.4) is 0 Å². The monoisotopic (exact) mass is 262 g/mol. The Balaban J connectivity index is 2.35. The Bertz CT molecular complexity index is 592. The molecule has 0 unspecified atom stereocenters. The Kier molecular flexibility index (Phi) is 3.34. The number of carboxylic acid groups (broad SMARTS) is 1. The van der Waals surface area contributed by atoms with Crippen LogP contribution >= 0.6 is 11.3 Å². The van der Waals surface area contributed by atoms with E-state index in [0.29, 0.717) is 5.13 Å². The highest BCUT2D eigenvalue weighted by Crippen LogP contribution is 2.29. The van der Waals surface area contributed by atoms with E-state index in [-0.39, 0.29) is 5.69 Å². The molecule has 0 saturated heterocycles. The summed E-state index contributed by atoms with van der Waals surface area (Å²) in [5, 5.41) is 11.1. The van der Waals surface area contributed by atoms with Crippen molar-refractivity contribution in [3.8, 4) is 0 Å². The number of carbonyl (C=O) groups is 1. The smallest absolute Gasteiger partial charge is 0.355 e. The molecule has 0 bridgehead atoms. The van der Waals surface area contributed by atoms with Crippen molar-refractivity contribution in [2.75, 3.05) is 11.9 Å². The van der Waals surface area contributed by atoms with Gasteiger partial charge in [-0.3, -0.25) is 0 Å². The molecule has 2 rings (SSSR count). The van der Waals surface area contributed by atoms with Gasteiger partial charge in [-0.05, 0) is 25.5 Å². The minimum Gasteiger partial charge on any atom is -0.476 e. The summed E-state index contributed by atoms with van der Waals surface area (Å²) in [5.74, 6) is -0.994. The van der Waals surface area contributed by atoms with Gasteiger partial charge in [0.15, 0.2) is 10.8 Å². The zero-order valence-electron chi connectivity index (χ0n) is 10.5. The fraction of sp³-hybridized carbons (Fsp3) is 0.231. The topological polar surface area (TPSA) is 53.4 Å². The van der Waals surface area contributed by atoms with E-state index in [1.165, 1.54) is 16.9 Å². The van der Waals surface area contributed by atoms with Gasteiger partial charge >= 0.3 is 5.97 Å². The van der Waals surface area contributed by atoms with Gasteiger partial charge in [-0.1, -0.05) is 17.7 Å². The molecular formula is C13H14N2O2S. The van der Waals surface area contributed by atoms with Crippen molar-refractivity contribution in [3.05, 3.63) is 40.4 Å². The minimum atomic E-state index is -0.994. The quantitative estimate of drug-likeness (QED) is 0.922. The van der Waals surface area contributed by atoms with Crippen LogP contribution in [0.2, 0.25) is 0 Å². The number of aromatic carboxylic acids is 1. The van der Waals surface area contributed by atoms with E-state index in [0.717, 1.165) is 11.3 Å². The highest BCUT2D eigenvalue weighted by molar-refractivity contribution is 7.14. The molecule has 2 aromatic rings. The van der Waals surface area contributed by atoms with Crippen molar-refractivity contribution < 1.29 is 9.90 Å². The Morgan fingerprint density at radius 1 is 1.39 bits per heavy atom. The van der Waals surface area contributed by atoms with E-state index in [2.05, 4.69) is 11.1 Å². The number of carboxylic acids is 1. The SMILES string of the molecule is Cc1ccc(N(C)c2nc(C(=O)O)cs2)c(C)c1. The molecule has 0 amide bonds. The molecule has 0 spiro atoms. The van der Waals surface area contributed by atoms with Crippen LogP contribution in [0.4, 0.5) is 10.8 Å². The van der Waals surface area contributed by atoms with Crippen LogP contribution in [-0.4, -0.2) is 23.1 Å². The zero-order valence-corrected chi connectivity index (χ0v) is 11.3. The second kappa shape index (κ2) is 4.78. The van der Waals surface area contributed by atoms with Gasteiger partial charge in [-0.25, -0.2) is 9.78 Å². The molecule has 0 atom stereocenters. The van der Waals surface area contributed by atoms with Crippen molar-refractivity contribution in [1.82, 2.24) is 4.98 Å². The zero-order chi connectivity index (χ0) is 13.3. The Morgan fingerprint density at radius 3 is 2.67 bits per heavy atom. The summed E-state index contributed by atoms with van der Waals surface area (Å²) in [6, 6.07) is 6.15. The standard InChI is InChI=1S/C13H14N2O2S/c1-8-4-5-11(9(2)6-8)15(3)13-14-10(7-18-13)12(16)17/h4-7H,1-3H3,(H,16,17). The molecule has 0 aliphatic carbocycles.